The minimum Gasteiger partial charge on any atom is -0.507 e. The molecule has 0 atom stereocenters. The van der Waals surface area contributed by atoms with Crippen LogP contribution < -0.4 is 9.64 Å². The number of aromatic hydroxyl groups is 1. The van der Waals surface area contributed by atoms with E-state index in [-0.39, 0.29) is 11.3 Å². The Balaban J connectivity index is 1.28. The molecule has 2 aliphatic rings. The molecule has 3 aromatic rings. The van der Waals surface area contributed by atoms with Crippen LogP contribution in [0.1, 0.15) is 35.7 Å². The topological polar surface area (TPSA) is 99.5 Å². The van der Waals surface area contributed by atoms with Crippen molar-refractivity contribution < 1.29 is 29.3 Å². The molecule has 188 valence electrons. The van der Waals surface area contributed by atoms with Gasteiger partial charge in [-0.1, -0.05) is 11.6 Å². The lowest BCUT2D eigenvalue weighted by Crippen LogP contribution is -2.46. The van der Waals surface area contributed by atoms with E-state index < -0.39 is 17.7 Å². The third-order valence-corrected chi connectivity index (χ3v) is 7.25. The lowest BCUT2D eigenvalue weighted by molar-refractivity contribution is -0.000987. The molecule has 2 fully saturated rings. The molecular weight excluding hydrogens is 484 g/mol. The van der Waals surface area contributed by atoms with E-state index in [4.69, 9.17) is 26.2 Å². The van der Waals surface area contributed by atoms with E-state index in [1.807, 2.05) is 19.1 Å². The van der Waals surface area contributed by atoms with E-state index in [1.165, 1.54) is 12.1 Å². The van der Waals surface area contributed by atoms with Crippen LogP contribution in [0.5, 0.6) is 11.5 Å². The van der Waals surface area contributed by atoms with Crippen LogP contribution in [0.25, 0.3) is 10.8 Å². The number of carboxylic acid groups (broad SMARTS) is 1. The number of benzene rings is 3. The number of carbonyl (C=O) groups excluding carboxylic acids is 1. The molecule has 0 saturated carbocycles. The van der Waals surface area contributed by atoms with E-state index in [0.29, 0.717) is 59.8 Å². The van der Waals surface area contributed by atoms with Gasteiger partial charge in [-0.05, 0) is 61.0 Å². The number of hydrogen-bond donors (Lipinski definition) is 2. The second-order valence-corrected chi connectivity index (χ2v) is 9.69. The standard InChI is InChI=1S/C27H27ClN2O6/c1-2-35-23-14-17(13-20-22(31)8-7-21(28)24(20)23)15-29-11-9-27(10-12-29)16-30(26(34)36-27)19-5-3-18(4-6-19)25(32)33/h3-8,13-14,31H,2,9-12,15-16H2,1H3,(H,32,33). The van der Waals surface area contributed by atoms with Gasteiger partial charge in [0.2, 0.25) is 0 Å². The van der Waals surface area contributed by atoms with E-state index in [9.17, 15) is 14.7 Å². The van der Waals surface area contributed by atoms with Gasteiger partial charge in [-0.15, -0.1) is 0 Å². The van der Waals surface area contributed by atoms with Gasteiger partial charge in [-0.2, -0.15) is 0 Å². The van der Waals surface area contributed by atoms with Gasteiger partial charge in [0.1, 0.15) is 17.1 Å². The average Bonchev–Trinajstić information content (AvgIpc) is 3.19. The van der Waals surface area contributed by atoms with Gasteiger partial charge in [0.25, 0.3) is 0 Å². The zero-order chi connectivity index (χ0) is 25.4. The summed E-state index contributed by atoms with van der Waals surface area (Å²) in [6, 6.07) is 13.4. The summed E-state index contributed by atoms with van der Waals surface area (Å²) in [6.45, 7) is 4.96. The molecule has 0 bridgehead atoms. The first kappa shape index (κ1) is 24.2. The van der Waals surface area contributed by atoms with E-state index in [1.54, 1.807) is 29.2 Å². The summed E-state index contributed by atoms with van der Waals surface area (Å²) >= 11 is 6.40. The quantitative estimate of drug-likeness (QED) is 0.465. The van der Waals surface area contributed by atoms with Crippen molar-refractivity contribution in [3.63, 3.8) is 0 Å². The Kier molecular flexibility index (Phi) is 6.40. The monoisotopic (exact) mass is 510 g/mol. The van der Waals surface area contributed by atoms with Gasteiger partial charge < -0.3 is 19.7 Å². The fourth-order valence-electron chi connectivity index (χ4n) is 5.05. The molecular formula is C27H27ClN2O6. The SMILES string of the molecule is CCOc1cc(CN2CCC3(CC2)CN(c2ccc(C(=O)O)cc2)C(=O)O3)cc2c(O)ccc(Cl)c12. The van der Waals surface area contributed by atoms with Gasteiger partial charge in [0.15, 0.2) is 0 Å². The van der Waals surface area contributed by atoms with Crippen LogP contribution in [-0.2, 0) is 11.3 Å². The molecule has 2 N–H and O–H groups in total. The lowest BCUT2D eigenvalue weighted by atomic mass is 9.91. The van der Waals surface area contributed by atoms with Crippen molar-refractivity contribution >= 4 is 40.1 Å². The van der Waals surface area contributed by atoms with Crippen molar-refractivity contribution in [2.24, 2.45) is 0 Å². The summed E-state index contributed by atoms with van der Waals surface area (Å²) in [5.41, 5.74) is 1.24. The minimum atomic E-state index is -1.01. The highest BCUT2D eigenvalue weighted by molar-refractivity contribution is 6.36. The zero-order valence-corrected chi connectivity index (χ0v) is 20.6. The molecule has 8 nitrogen and oxygen atoms in total. The summed E-state index contributed by atoms with van der Waals surface area (Å²) in [5, 5.41) is 21.4. The average molecular weight is 511 g/mol. The van der Waals surface area contributed by atoms with Gasteiger partial charge in [0, 0.05) is 48.9 Å². The summed E-state index contributed by atoms with van der Waals surface area (Å²) in [4.78, 5) is 27.6. The van der Waals surface area contributed by atoms with E-state index >= 15 is 0 Å². The maximum absolute atomic E-state index is 12.6. The number of phenolic OH excluding ortho intramolecular Hbond substituents is 1. The number of aromatic carboxylic acids is 1. The molecule has 0 radical (unpaired) electrons. The second-order valence-electron chi connectivity index (χ2n) is 9.28. The molecule has 0 unspecified atom stereocenters. The number of anilines is 1. The first-order valence-corrected chi connectivity index (χ1v) is 12.3. The first-order chi connectivity index (χ1) is 17.3. The number of amides is 1. The van der Waals surface area contributed by atoms with Crippen LogP contribution in [0.15, 0.2) is 48.5 Å². The van der Waals surface area contributed by atoms with Crippen LogP contribution in [0.3, 0.4) is 0 Å². The number of nitrogens with zero attached hydrogens (tertiary/aromatic N) is 2. The summed E-state index contributed by atoms with van der Waals surface area (Å²) < 4.78 is 11.7. The summed E-state index contributed by atoms with van der Waals surface area (Å²) in [7, 11) is 0. The zero-order valence-electron chi connectivity index (χ0n) is 19.9. The second kappa shape index (κ2) is 9.52. The molecule has 9 heteroatoms. The Morgan fingerprint density at radius 2 is 1.86 bits per heavy atom. The highest BCUT2D eigenvalue weighted by Crippen LogP contribution is 2.40. The fraction of sp³-hybridized carbons (Fsp3) is 0.333. The predicted molar refractivity (Wildman–Crippen MR) is 136 cm³/mol. The molecule has 0 aliphatic carbocycles. The molecule has 2 saturated heterocycles. The largest absolute Gasteiger partial charge is 0.507 e. The minimum absolute atomic E-state index is 0.157. The van der Waals surface area contributed by atoms with Crippen LogP contribution in [0.4, 0.5) is 10.5 Å². The number of rotatable bonds is 6. The van der Waals surface area contributed by atoms with Gasteiger partial charge in [0.05, 0.1) is 23.7 Å². The maximum Gasteiger partial charge on any atom is 0.415 e. The molecule has 3 aromatic carbocycles. The molecule has 36 heavy (non-hydrogen) atoms. The van der Waals surface area contributed by atoms with Crippen molar-refractivity contribution in [3.8, 4) is 11.5 Å². The van der Waals surface area contributed by atoms with Gasteiger partial charge >= 0.3 is 12.1 Å². The van der Waals surface area contributed by atoms with Crippen LogP contribution in [-0.4, -0.2) is 59.0 Å². The number of likely N-dealkylation sites (tertiary alicyclic amines) is 1. The number of ether oxygens (including phenoxy) is 2. The Morgan fingerprint density at radius 3 is 2.53 bits per heavy atom. The Hall–Kier alpha value is -3.49. The third kappa shape index (κ3) is 4.54. The van der Waals surface area contributed by atoms with Crippen molar-refractivity contribution in [2.75, 3.05) is 31.1 Å². The fourth-order valence-corrected chi connectivity index (χ4v) is 5.31. The molecule has 0 aromatic heterocycles. The molecule has 2 heterocycles. The summed E-state index contributed by atoms with van der Waals surface area (Å²) in [6.07, 6.45) is 0.964. The highest BCUT2D eigenvalue weighted by Gasteiger charge is 2.47. The predicted octanol–water partition coefficient (Wildman–Crippen LogP) is 5.29. The number of piperidine rings is 1. The van der Waals surface area contributed by atoms with Crippen LogP contribution in [0, 0.1) is 0 Å². The Labute approximate surface area is 213 Å². The van der Waals surface area contributed by atoms with Gasteiger partial charge in [-0.3, -0.25) is 9.80 Å². The number of phenols is 1. The molecule has 1 spiro atoms. The Bertz CT molecular complexity index is 1320. The van der Waals surface area contributed by atoms with Crippen LogP contribution >= 0.6 is 11.6 Å². The molecule has 1 amide bonds. The highest BCUT2D eigenvalue weighted by atomic mass is 35.5. The summed E-state index contributed by atoms with van der Waals surface area (Å²) in [5.74, 6) is -0.203. The maximum atomic E-state index is 12.6. The van der Waals surface area contributed by atoms with Crippen molar-refractivity contribution in [1.82, 2.24) is 4.90 Å². The normalized spacial score (nSPS) is 17.5. The number of fused-ring (bicyclic) bond motifs is 1. The third-order valence-electron chi connectivity index (χ3n) is 6.93. The number of hydrogen-bond acceptors (Lipinski definition) is 6. The molecule has 5 rings (SSSR count). The smallest absolute Gasteiger partial charge is 0.415 e. The number of carbonyl (C=O) groups is 2. The van der Waals surface area contributed by atoms with E-state index in [2.05, 4.69) is 4.90 Å². The number of carboxylic acids is 1. The van der Waals surface area contributed by atoms with Crippen molar-refractivity contribution in [2.45, 2.75) is 31.9 Å². The van der Waals surface area contributed by atoms with Crippen LogP contribution in [0.2, 0.25) is 5.02 Å². The first-order valence-electron chi connectivity index (χ1n) is 11.9. The number of halogens is 1. The lowest BCUT2D eigenvalue weighted by Gasteiger charge is -2.37. The van der Waals surface area contributed by atoms with Crippen molar-refractivity contribution in [1.29, 1.82) is 0 Å². The van der Waals surface area contributed by atoms with E-state index in [0.717, 1.165) is 18.7 Å². The van der Waals surface area contributed by atoms with Gasteiger partial charge in [-0.25, -0.2) is 9.59 Å². The Morgan fingerprint density at radius 1 is 1.14 bits per heavy atom. The molecule has 2 aliphatic heterocycles. The van der Waals surface area contributed by atoms with Crippen molar-refractivity contribution in [3.05, 3.63) is 64.7 Å².